The molecule has 0 N–H and O–H groups in total. The van der Waals surface area contributed by atoms with E-state index in [1.165, 1.54) is 6.20 Å². The van der Waals surface area contributed by atoms with Crippen LogP contribution in [0.1, 0.15) is 20.8 Å². The van der Waals surface area contributed by atoms with Gasteiger partial charge in [0.05, 0.1) is 11.7 Å². The van der Waals surface area contributed by atoms with Gasteiger partial charge in [0.1, 0.15) is 18.7 Å². The predicted octanol–water partition coefficient (Wildman–Crippen LogP) is 1.92. The molecule has 3 rings (SSSR count). The first-order chi connectivity index (χ1) is 8.98. The Morgan fingerprint density at radius 1 is 1.21 bits per heavy atom. The Bertz CT molecular complexity index is 698. The van der Waals surface area contributed by atoms with Gasteiger partial charge >= 0.3 is 0 Å². The Morgan fingerprint density at radius 3 is 2.68 bits per heavy atom. The fourth-order valence-electron chi connectivity index (χ4n) is 2.37. The lowest BCUT2D eigenvalue weighted by Crippen LogP contribution is -2.34. The van der Waals surface area contributed by atoms with Gasteiger partial charge in [-0.05, 0) is 32.9 Å². The molecule has 19 heavy (non-hydrogen) atoms. The van der Waals surface area contributed by atoms with Crippen LogP contribution in [0.4, 0.5) is 0 Å². The van der Waals surface area contributed by atoms with Gasteiger partial charge < -0.3 is 9.47 Å². The van der Waals surface area contributed by atoms with Gasteiger partial charge in [0, 0.05) is 5.54 Å². The summed E-state index contributed by atoms with van der Waals surface area (Å²) in [6.07, 6.45) is 1.35. The minimum absolute atomic E-state index is 0.137. The summed E-state index contributed by atoms with van der Waals surface area (Å²) in [5, 5.41) is 0. The zero-order valence-electron chi connectivity index (χ0n) is 11.3. The van der Waals surface area contributed by atoms with Gasteiger partial charge in [0.15, 0.2) is 11.5 Å². The molecule has 2 aromatic rings. The number of nitrogens with zero attached hydrogens (tertiary/aromatic N) is 2. The standard InChI is InChI=1S/C14H16N2O3/c1-14(2,3)16-11(17)8-15-9-4-5-10-13(12(9)16)19-7-6-18-10/h4-5,8H,6-7H2,1-3H3. The molecule has 1 aliphatic rings. The molecule has 0 saturated heterocycles. The van der Waals surface area contributed by atoms with Crippen molar-refractivity contribution in [1.82, 2.24) is 9.55 Å². The molecule has 2 heterocycles. The highest BCUT2D eigenvalue weighted by molar-refractivity contribution is 5.85. The molecular weight excluding hydrogens is 244 g/mol. The van der Waals surface area contributed by atoms with E-state index >= 15 is 0 Å². The molecule has 1 aromatic carbocycles. The summed E-state index contributed by atoms with van der Waals surface area (Å²) in [4.78, 5) is 16.4. The SMILES string of the molecule is CC(C)(C)n1c(=O)cnc2ccc3c(c21)OCCO3. The van der Waals surface area contributed by atoms with E-state index in [4.69, 9.17) is 9.47 Å². The van der Waals surface area contributed by atoms with Crippen LogP contribution in [-0.2, 0) is 5.54 Å². The Kier molecular flexibility index (Phi) is 2.52. The van der Waals surface area contributed by atoms with Crippen LogP contribution < -0.4 is 15.0 Å². The number of rotatable bonds is 0. The van der Waals surface area contributed by atoms with Gasteiger partial charge in [0.2, 0.25) is 0 Å². The van der Waals surface area contributed by atoms with E-state index in [0.717, 1.165) is 5.52 Å². The van der Waals surface area contributed by atoms with Crippen molar-refractivity contribution < 1.29 is 9.47 Å². The molecule has 0 fully saturated rings. The van der Waals surface area contributed by atoms with E-state index in [0.29, 0.717) is 30.2 Å². The van der Waals surface area contributed by atoms with Gasteiger partial charge in [-0.25, -0.2) is 4.98 Å². The van der Waals surface area contributed by atoms with E-state index in [1.54, 1.807) is 4.57 Å². The van der Waals surface area contributed by atoms with Crippen LogP contribution in [0, 0.1) is 0 Å². The van der Waals surface area contributed by atoms with Crippen molar-refractivity contribution in [3.8, 4) is 11.5 Å². The Hall–Kier alpha value is -2.04. The summed E-state index contributed by atoms with van der Waals surface area (Å²) in [6, 6.07) is 3.69. The normalized spacial score (nSPS) is 14.7. The van der Waals surface area contributed by atoms with Crippen LogP contribution in [0.2, 0.25) is 0 Å². The molecule has 1 aliphatic heterocycles. The molecule has 0 atom stereocenters. The van der Waals surface area contributed by atoms with Crippen LogP contribution in [-0.4, -0.2) is 22.8 Å². The number of benzene rings is 1. The second kappa shape index (κ2) is 3.98. The maximum atomic E-state index is 12.2. The molecule has 0 saturated carbocycles. The maximum Gasteiger partial charge on any atom is 0.270 e. The second-order valence-corrected chi connectivity index (χ2v) is 5.56. The van der Waals surface area contributed by atoms with Crippen LogP contribution in [0.25, 0.3) is 11.0 Å². The molecule has 0 radical (unpaired) electrons. The van der Waals surface area contributed by atoms with Crippen molar-refractivity contribution >= 4 is 11.0 Å². The molecular formula is C14H16N2O3. The molecule has 1 aromatic heterocycles. The third kappa shape index (κ3) is 1.85. The Balaban J connectivity index is 2.46. The monoisotopic (exact) mass is 260 g/mol. The van der Waals surface area contributed by atoms with Crippen LogP contribution in [0.3, 0.4) is 0 Å². The van der Waals surface area contributed by atoms with E-state index in [9.17, 15) is 4.79 Å². The van der Waals surface area contributed by atoms with Crippen molar-refractivity contribution in [2.45, 2.75) is 26.3 Å². The summed E-state index contributed by atoms with van der Waals surface area (Å²) in [6.45, 7) is 6.96. The predicted molar refractivity (Wildman–Crippen MR) is 72.0 cm³/mol. The van der Waals surface area contributed by atoms with Crippen LogP contribution >= 0.6 is 0 Å². The van der Waals surface area contributed by atoms with Gasteiger partial charge in [-0.3, -0.25) is 9.36 Å². The zero-order chi connectivity index (χ0) is 13.6. The number of hydrogen-bond donors (Lipinski definition) is 0. The third-order valence-corrected chi connectivity index (χ3v) is 3.09. The molecule has 0 aliphatic carbocycles. The highest BCUT2D eigenvalue weighted by Gasteiger charge is 2.24. The van der Waals surface area contributed by atoms with Gasteiger partial charge in [-0.1, -0.05) is 0 Å². The molecule has 5 heteroatoms. The van der Waals surface area contributed by atoms with Gasteiger partial charge in [-0.2, -0.15) is 0 Å². The van der Waals surface area contributed by atoms with Crippen molar-refractivity contribution in [3.63, 3.8) is 0 Å². The van der Waals surface area contributed by atoms with E-state index in [-0.39, 0.29) is 11.1 Å². The summed E-state index contributed by atoms with van der Waals surface area (Å²) in [7, 11) is 0. The largest absolute Gasteiger partial charge is 0.486 e. The van der Waals surface area contributed by atoms with E-state index in [2.05, 4.69) is 4.98 Å². The maximum absolute atomic E-state index is 12.2. The number of hydrogen-bond acceptors (Lipinski definition) is 4. The molecule has 0 amide bonds. The lowest BCUT2D eigenvalue weighted by atomic mass is 10.1. The minimum atomic E-state index is -0.353. The second-order valence-electron chi connectivity index (χ2n) is 5.56. The molecule has 5 nitrogen and oxygen atoms in total. The summed E-state index contributed by atoms with van der Waals surface area (Å²) >= 11 is 0. The molecule has 0 unspecified atom stereocenters. The van der Waals surface area contributed by atoms with E-state index < -0.39 is 0 Å². The highest BCUT2D eigenvalue weighted by Crippen LogP contribution is 2.37. The molecule has 0 spiro atoms. The molecule has 100 valence electrons. The zero-order valence-corrected chi connectivity index (χ0v) is 11.3. The lowest BCUT2D eigenvalue weighted by molar-refractivity contribution is 0.172. The average molecular weight is 260 g/mol. The van der Waals surface area contributed by atoms with E-state index in [1.807, 2.05) is 32.9 Å². The van der Waals surface area contributed by atoms with Crippen molar-refractivity contribution in [2.24, 2.45) is 0 Å². The first kappa shape index (κ1) is 12.0. The topological polar surface area (TPSA) is 53.4 Å². The number of aromatic nitrogens is 2. The first-order valence-corrected chi connectivity index (χ1v) is 6.29. The van der Waals surface area contributed by atoms with Gasteiger partial charge in [0.25, 0.3) is 5.56 Å². The first-order valence-electron chi connectivity index (χ1n) is 6.29. The minimum Gasteiger partial charge on any atom is -0.486 e. The third-order valence-electron chi connectivity index (χ3n) is 3.09. The van der Waals surface area contributed by atoms with Crippen molar-refractivity contribution in [2.75, 3.05) is 13.2 Å². The van der Waals surface area contributed by atoms with Gasteiger partial charge in [-0.15, -0.1) is 0 Å². The number of fused-ring (bicyclic) bond motifs is 3. The lowest BCUT2D eigenvalue weighted by Gasteiger charge is -2.27. The van der Waals surface area contributed by atoms with Crippen LogP contribution in [0.15, 0.2) is 23.1 Å². The summed E-state index contributed by atoms with van der Waals surface area (Å²) in [5.41, 5.74) is 0.951. The molecule has 0 bridgehead atoms. The van der Waals surface area contributed by atoms with Crippen molar-refractivity contribution in [1.29, 1.82) is 0 Å². The number of ether oxygens (including phenoxy) is 2. The smallest absolute Gasteiger partial charge is 0.270 e. The quantitative estimate of drug-likeness (QED) is 0.726. The summed E-state index contributed by atoms with van der Waals surface area (Å²) in [5.74, 6) is 1.29. The Labute approximate surface area is 110 Å². The average Bonchev–Trinajstić information content (AvgIpc) is 2.37. The fraction of sp³-hybridized carbons (Fsp3) is 0.429. The fourth-order valence-corrected chi connectivity index (χ4v) is 2.37. The summed E-state index contributed by atoms with van der Waals surface area (Å²) < 4.78 is 13.0. The Morgan fingerprint density at radius 2 is 1.95 bits per heavy atom. The van der Waals surface area contributed by atoms with Crippen molar-refractivity contribution in [3.05, 3.63) is 28.7 Å². The highest BCUT2D eigenvalue weighted by atomic mass is 16.6. The van der Waals surface area contributed by atoms with Crippen LogP contribution in [0.5, 0.6) is 11.5 Å².